The summed E-state index contributed by atoms with van der Waals surface area (Å²) >= 11 is 0. The van der Waals surface area contributed by atoms with Crippen LogP contribution in [0.1, 0.15) is 11.3 Å². The van der Waals surface area contributed by atoms with Gasteiger partial charge in [0.15, 0.2) is 35.6 Å². The van der Waals surface area contributed by atoms with Crippen molar-refractivity contribution in [3.63, 3.8) is 0 Å². The van der Waals surface area contributed by atoms with Crippen LogP contribution >= 0.6 is 0 Å². The van der Waals surface area contributed by atoms with Crippen LogP contribution in [0.25, 0.3) is 33.2 Å². The highest BCUT2D eigenvalue weighted by molar-refractivity contribution is 5.92. The Morgan fingerprint density at radius 3 is 2.15 bits per heavy atom. The lowest BCUT2D eigenvalue weighted by Crippen LogP contribution is -2.43. The Morgan fingerprint density at radius 1 is 0.794 bits per heavy atom. The summed E-state index contributed by atoms with van der Waals surface area (Å²) < 4.78 is 24.8. The third-order valence-corrected chi connectivity index (χ3v) is 6.46. The monoisotopic (exact) mass is 453 g/mol. The molecule has 0 bridgehead atoms. The summed E-state index contributed by atoms with van der Waals surface area (Å²) in [6.45, 7) is 0.652. The second-order valence-corrected chi connectivity index (χ2v) is 8.07. The van der Waals surface area contributed by atoms with Crippen molar-refractivity contribution in [1.29, 1.82) is 5.26 Å². The fourth-order valence-corrected chi connectivity index (χ4v) is 4.92. The summed E-state index contributed by atoms with van der Waals surface area (Å²) in [5.74, 6) is 2.67. The molecule has 0 fully saturated rings. The van der Waals surface area contributed by atoms with Crippen LogP contribution in [0.2, 0.25) is 0 Å². The summed E-state index contributed by atoms with van der Waals surface area (Å²) in [5.41, 5.74) is 5.62. The summed E-state index contributed by atoms with van der Waals surface area (Å²) in [6.07, 6.45) is 0.717. The second kappa shape index (κ2) is 8.60. The van der Waals surface area contributed by atoms with Crippen molar-refractivity contribution in [2.75, 3.05) is 28.4 Å². The first kappa shape index (κ1) is 21.6. The lowest BCUT2D eigenvalue weighted by atomic mass is 9.89. The zero-order valence-corrected chi connectivity index (χ0v) is 19.6. The van der Waals surface area contributed by atoms with E-state index in [2.05, 4.69) is 34.9 Å². The molecule has 1 aromatic heterocycles. The Balaban J connectivity index is 1.86. The van der Waals surface area contributed by atoms with E-state index >= 15 is 0 Å². The van der Waals surface area contributed by atoms with Gasteiger partial charge in [0.1, 0.15) is 0 Å². The first-order valence-corrected chi connectivity index (χ1v) is 11.0. The van der Waals surface area contributed by atoms with Gasteiger partial charge in [0.05, 0.1) is 39.4 Å². The molecule has 5 rings (SSSR count). The van der Waals surface area contributed by atoms with Gasteiger partial charge in [0.2, 0.25) is 5.69 Å². The number of ether oxygens (including phenoxy) is 4. The molecule has 2 heterocycles. The Hall–Kier alpha value is -4.24. The number of hydrogen-bond donors (Lipinski definition) is 0. The Kier molecular flexibility index (Phi) is 5.46. The SMILES string of the molecule is COc1cc2cc3[n+](c(C#N)c2cc1OC)CCc1c-3cc(-c2ccccc2)c(OC)c1OC. The molecule has 170 valence electrons. The Labute approximate surface area is 198 Å². The molecule has 6 nitrogen and oxygen atoms in total. The van der Waals surface area contributed by atoms with Crippen molar-refractivity contribution in [3.8, 4) is 51.5 Å². The van der Waals surface area contributed by atoms with Crippen molar-refractivity contribution in [2.24, 2.45) is 0 Å². The van der Waals surface area contributed by atoms with Crippen molar-refractivity contribution in [1.82, 2.24) is 0 Å². The highest BCUT2D eigenvalue weighted by atomic mass is 16.5. The molecular formula is C28H25N2O4+. The first-order chi connectivity index (χ1) is 16.6. The average Bonchev–Trinajstić information content (AvgIpc) is 2.89. The highest BCUT2D eigenvalue weighted by Gasteiger charge is 2.33. The van der Waals surface area contributed by atoms with Gasteiger partial charge in [-0.05, 0) is 29.1 Å². The van der Waals surface area contributed by atoms with Crippen LogP contribution in [0.5, 0.6) is 23.0 Å². The van der Waals surface area contributed by atoms with Crippen molar-refractivity contribution < 1.29 is 23.5 Å². The van der Waals surface area contributed by atoms with E-state index in [1.54, 1.807) is 28.4 Å². The Morgan fingerprint density at radius 2 is 1.50 bits per heavy atom. The predicted octanol–water partition coefficient (Wildman–Crippen LogP) is 4.92. The topological polar surface area (TPSA) is 64.6 Å². The van der Waals surface area contributed by atoms with E-state index in [0.717, 1.165) is 50.9 Å². The lowest BCUT2D eigenvalue weighted by Gasteiger charge is -2.23. The maximum atomic E-state index is 10.2. The number of benzene rings is 3. The quantitative estimate of drug-likeness (QED) is 0.401. The molecule has 1 aliphatic heterocycles. The molecule has 0 amide bonds. The molecule has 4 aromatic rings. The fraction of sp³-hybridized carbons (Fsp3) is 0.214. The van der Waals surface area contributed by atoms with Crippen LogP contribution in [0.4, 0.5) is 0 Å². The molecule has 0 spiro atoms. The van der Waals surface area contributed by atoms with E-state index < -0.39 is 0 Å². The van der Waals surface area contributed by atoms with Crippen LogP contribution in [-0.2, 0) is 13.0 Å². The highest BCUT2D eigenvalue weighted by Crippen LogP contribution is 2.47. The Bertz CT molecular complexity index is 1460. The molecular weight excluding hydrogens is 428 g/mol. The zero-order chi connectivity index (χ0) is 23.8. The lowest BCUT2D eigenvalue weighted by molar-refractivity contribution is -0.688. The van der Waals surface area contributed by atoms with Gasteiger partial charge >= 0.3 is 0 Å². The summed E-state index contributed by atoms with van der Waals surface area (Å²) in [4.78, 5) is 0. The molecule has 0 saturated heterocycles. The third-order valence-electron chi connectivity index (χ3n) is 6.46. The zero-order valence-electron chi connectivity index (χ0n) is 19.6. The molecule has 0 radical (unpaired) electrons. The first-order valence-electron chi connectivity index (χ1n) is 11.0. The van der Waals surface area contributed by atoms with Crippen molar-refractivity contribution in [2.45, 2.75) is 13.0 Å². The predicted molar refractivity (Wildman–Crippen MR) is 130 cm³/mol. The standard InChI is InChI=1S/C28H25N2O4/c1-31-25-13-18-12-23-22-14-21(17-8-6-5-7-9-17)28(34-4)27(33-3)19(22)10-11-30(23)24(16-29)20(18)15-26(25)32-2/h5-9,12-15H,10-11H2,1-4H3/q+1. The summed E-state index contributed by atoms with van der Waals surface area (Å²) in [7, 11) is 6.56. The molecule has 0 N–H and O–H groups in total. The molecule has 0 unspecified atom stereocenters. The molecule has 6 heteroatoms. The number of pyridine rings is 1. The molecule has 0 atom stereocenters. The molecule has 34 heavy (non-hydrogen) atoms. The molecule has 0 saturated carbocycles. The number of nitrogens with zero attached hydrogens (tertiary/aromatic N) is 2. The van der Waals surface area contributed by atoms with Gasteiger partial charge in [-0.3, -0.25) is 0 Å². The van der Waals surface area contributed by atoms with E-state index in [1.165, 1.54) is 0 Å². The number of rotatable bonds is 5. The number of fused-ring (bicyclic) bond motifs is 4. The summed E-state index contributed by atoms with van der Waals surface area (Å²) in [6, 6.07) is 20.6. The molecule has 3 aromatic carbocycles. The smallest absolute Gasteiger partial charge is 0.291 e. The van der Waals surface area contributed by atoms with E-state index in [0.29, 0.717) is 29.5 Å². The van der Waals surface area contributed by atoms with Gasteiger partial charge in [0, 0.05) is 23.6 Å². The van der Waals surface area contributed by atoms with Crippen LogP contribution in [0.3, 0.4) is 0 Å². The number of hydrogen-bond acceptors (Lipinski definition) is 5. The van der Waals surface area contributed by atoms with Crippen LogP contribution < -0.4 is 23.5 Å². The van der Waals surface area contributed by atoms with Crippen LogP contribution in [0.15, 0.2) is 54.6 Å². The minimum atomic E-state index is 0.593. The number of methoxy groups -OCH3 is 4. The van der Waals surface area contributed by atoms with E-state index in [1.807, 2.05) is 30.3 Å². The number of aromatic nitrogens is 1. The number of nitriles is 1. The average molecular weight is 454 g/mol. The van der Waals surface area contributed by atoms with Gasteiger partial charge < -0.3 is 18.9 Å². The van der Waals surface area contributed by atoms with Gasteiger partial charge in [-0.15, -0.1) is 0 Å². The molecule has 1 aliphatic rings. The normalized spacial score (nSPS) is 11.9. The van der Waals surface area contributed by atoms with Gasteiger partial charge in [-0.1, -0.05) is 30.3 Å². The van der Waals surface area contributed by atoms with Crippen LogP contribution in [-0.4, -0.2) is 28.4 Å². The van der Waals surface area contributed by atoms with Crippen molar-refractivity contribution >= 4 is 10.8 Å². The fourth-order valence-electron chi connectivity index (χ4n) is 4.92. The van der Waals surface area contributed by atoms with E-state index in [9.17, 15) is 5.26 Å². The van der Waals surface area contributed by atoms with Gasteiger partial charge in [-0.25, -0.2) is 0 Å². The minimum absolute atomic E-state index is 0.593. The van der Waals surface area contributed by atoms with Crippen LogP contribution in [0, 0.1) is 11.3 Å². The third kappa shape index (κ3) is 3.20. The van der Waals surface area contributed by atoms with Gasteiger partial charge in [-0.2, -0.15) is 9.83 Å². The maximum absolute atomic E-state index is 10.2. The van der Waals surface area contributed by atoms with E-state index in [4.69, 9.17) is 18.9 Å². The van der Waals surface area contributed by atoms with E-state index in [-0.39, 0.29) is 0 Å². The second-order valence-electron chi connectivity index (χ2n) is 8.07. The largest absolute Gasteiger partial charge is 0.493 e. The molecule has 0 aliphatic carbocycles. The minimum Gasteiger partial charge on any atom is -0.493 e. The van der Waals surface area contributed by atoms with Crippen molar-refractivity contribution in [3.05, 3.63) is 65.9 Å². The summed E-state index contributed by atoms with van der Waals surface area (Å²) in [5, 5.41) is 11.9. The maximum Gasteiger partial charge on any atom is 0.291 e. The van der Waals surface area contributed by atoms with Gasteiger partial charge in [0.25, 0.3) is 5.69 Å².